The highest BCUT2D eigenvalue weighted by atomic mass is 32.1. The molecule has 3 aliphatic rings. The van der Waals surface area contributed by atoms with E-state index in [1.165, 1.54) is 10.4 Å². The van der Waals surface area contributed by atoms with Gasteiger partial charge < -0.3 is 10.2 Å². The number of nitrogens with one attached hydrogen (secondary N) is 1. The summed E-state index contributed by atoms with van der Waals surface area (Å²) in [5.74, 6) is 1.28. The summed E-state index contributed by atoms with van der Waals surface area (Å²) in [6, 6.07) is 7.01. The second kappa shape index (κ2) is 7.23. The fourth-order valence-corrected chi connectivity index (χ4v) is 7.19. The molecule has 4 aromatic heterocycles. The van der Waals surface area contributed by atoms with Gasteiger partial charge in [0.05, 0.1) is 10.9 Å². The molecule has 1 aliphatic carbocycles. The van der Waals surface area contributed by atoms with Crippen molar-refractivity contribution in [2.45, 2.75) is 37.8 Å². The van der Waals surface area contributed by atoms with E-state index in [4.69, 9.17) is 0 Å². The van der Waals surface area contributed by atoms with Crippen LogP contribution in [0.25, 0.3) is 15.7 Å². The number of hydrogen-bond acceptors (Lipinski definition) is 7. The van der Waals surface area contributed by atoms with Gasteiger partial charge >= 0.3 is 0 Å². The molecule has 6 heterocycles. The van der Waals surface area contributed by atoms with E-state index in [9.17, 15) is 4.79 Å². The lowest BCUT2D eigenvalue weighted by Gasteiger charge is -2.35. The van der Waals surface area contributed by atoms with Gasteiger partial charge in [0.15, 0.2) is 0 Å². The number of carbonyl (C=O) groups excluding carboxylic acids is 1. The first-order valence-corrected chi connectivity index (χ1v) is 12.4. The number of carbonyl (C=O) groups is 1. The quantitative estimate of drug-likeness (QED) is 0.507. The molecule has 9 heteroatoms. The highest BCUT2D eigenvalue weighted by Crippen LogP contribution is 2.41. The Kier molecular flexibility index (Phi) is 4.26. The summed E-state index contributed by atoms with van der Waals surface area (Å²) in [7, 11) is 2.18. The van der Waals surface area contributed by atoms with E-state index in [0.29, 0.717) is 18.0 Å². The molecular weight excluding hydrogens is 434 g/mol. The molecule has 0 saturated carbocycles. The molecule has 0 unspecified atom stereocenters. The fraction of sp³-hybridized carbons (Fsp3) is 0.417. The molecule has 2 saturated heterocycles. The number of likely N-dealkylation sites (tertiary alicyclic amines) is 2. The Labute approximate surface area is 195 Å². The molecule has 0 radical (unpaired) electrons. The maximum atomic E-state index is 13.4. The van der Waals surface area contributed by atoms with Crippen molar-refractivity contribution in [3.8, 4) is 0 Å². The maximum absolute atomic E-state index is 13.4. The highest BCUT2D eigenvalue weighted by Gasteiger charge is 2.45. The summed E-state index contributed by atoms with van der Waals surface area (Å²) >= 11 is 1.72. The maximum Gasteiger partial charge on any atom is 0.226 e. The molecule has 0 aromatic carbocycles. The van der Waals surface area contributed by atoms with E-state index >= 15 is 0 Å². The van der Waals surface area contributed by atoms with Crippen molar-refractivity contribution >= 4 is 44.5 Å². The Morgan fingerprint density at radius 1 is 1.21 bits per heavy atom. The molecule has 1 N–H and O–H groups in total. The Morgan fingerprint density at radius 3 is 3.00 bits per heavy atom. The molecule has 2 bridgehead atoms. The number of pyridine rings is 1. The van der Waals surface area contributed by atoms with E-state index in [-0.39, 0.29) is 5.92 Å². The number of amides is 1. The third-order valence-corrected chi connectivity index (χ3v) is 8.82. The van der Waals surface area contributed by atoms with Gasteiger partial charge in [-0.1, -0.05) is 0 Å². The van der Waals surface area contributed by atoms with Crippen LogP contribution in [0.4, 0.5) is 11.5 Å². The topological polar surface area (TPSA) is 78.7 Å². The molecule has 1 amide bonds. The van der Waals surface area contributed by atoms with Crippen molar-refractivity contribution in [2.24, 2.45) is 5.92 Å². The van der Waals surface area contributed by atoms with Crippen LogP contribution in [0.2, 0.25) is 0 Å². The number of rotatable bonds is 3. The van der Waals surface area contributed by atoms with Gasteiger partial charge in [0.1, 0.15) is 17.0 Å². The van der Waals surface area contributed by atoms with Gasteiger partial charge in [0.25, 0.3) is 0 Å². The van der Waals surface area contributed by atoms with Crippen LogP contribution in [0, 0.1) is 5.92 Å². The van der Waals surface area contributed by atoms with E-state index in [1.54, 1.807) is 23.9 Å². The van der Waals surface area contributed by atoms with E-state index in [2.05, 4.69) is 43.3 Å². The first-order valence-electron chi connectivity index (χ1n) is 11.6. The number of fused-ring (bicyclic) bond motifs is 6. The number of hydrogen-bond donors (Lipinski definition) is 1. The average molecular weight is 460 g/mol. The van der Waals surface area contributed by atoms with Gasteiger partial charge in [0, 0.05) is 54.0 Å². The zero-order chi connectivity index (χ0) is 22.1. The van der Waals surface area contributed by atoms with E-state index in [0.717, 1.165) is 66.0 Å². The number of anilines is 2. The lowest BCUT2D eigenvalue weighted by Crippen LogP contribution is -2.49. The summed E-state index contributed by atoms with van der Waals surface area (Å²) in [4.78, 5) is 29.4. The van der Waals surface area contributed by atoms with Gasteiger partial charge in [-0.3, -0.25) is 9.69 Å². The smallest absolute Gasteiger partial charge is 0.226 e. The zero-order valence-electron chi connectivity index (χ0n) is 18.4. The number of piperazine rings is 1. The SMILES string of the molecule is CN1C[C@H]2C[C@@H]1CN2C(=O)[C@H]1CCc2c(sc3ncnc(Nc4ccn5nccc5c4)c23)C1. The Morgan fingerprint density at radius 2 is 2.15 bits per heavy atom. The Bertz CT molecular complexity index is 1390. The fourth-order valence-electron chi connectivity index (χ4n) is 5.92. The van der Waals surface area contributed by atoms with Gasteiger partial charge in [-0.15, -0.1) is 11.3 Å². The second-order valence-electron chi connectivity index (χ2n) is 9.56. The Hall–Kier alpha value is -3.04. The highest BCUT2D eigenvalue weighted by molar-refractivity contribution is 7.19. The molecular formula is C24H25N7OS. The predicted molar refractivity (Wildman–Crippen MR) is 128 cm³/mol. The number of thiophene rings is 1. The standard InChI is InChI=1S/C24H25N7OS/c1-29-11-18-10-17(29)12-30(18)24(32)14-2-3-19-20(8-14)33-23-21(19)22(25-13-26-23)28-15-5-7-31-16(9-15)4-6-27-31/h4-7,9,13-14,17-18H,2-3,8,10-12H2,1H3,(H,25,26,28)/t14-,17+,18+/m0/s1. The number of nitrogens with zero attached hydrogens (tertiary/aromatic N) is 6. The summed E-state index contributed by atoms with van der Waals surface area (Å²) in [5.41, 5.74) is 3.32. The summed E-state index contributed by atoms with van der Waals surface area (Å²) in [5, 5.41) is 8.87. The van der Waals surface area contributed by atoms with Gasteiger partial charge in [-0.25, -0.2) is 14.5 Å². The van der Waals surface area contributed by atoms with E-state index < -0.39 is 0 Å². The minimum absolute atomic E-state index is 0.0869. The van der Waals surface area contributed by atoms with Crippen molar-refractivity contribution in [1.29, 1.82) is 0 Å². The van der Waals surface area contributed by atoms with Crippen molar-refractivity contribution in [3.05, 3.63) is 47.4 Å². The normalized spacial score (nSPS) is 24.6. The third-order valence-electron chi connectivity index (χ3n) is 7.65. The number of aryl methyl sites for hydroxylation is 1. The zero-order valence-corrected chi connectivity index (χ0v) is 19.3. The molecule has 168 valence electrons. The van der Waals surface area contributed by atoms with Gasteiger partial charge in [-0.05, 0) is 56.5 Å². The van der Waals surface area contributed by atoms with Crippen molar-refractivity contribution in [1.82, 2.24) is 29.4 Å². The van der Waals surface area contributed by atoms with Crippen molar-refractivity contribution in [2.75, 3.05) is 25.5 Å². The molecule has 4 aromatic rings. The molecule has 8 nitrogen and oxygen atoms in total. The summed E-state index contributed by atoms with van der Waals surface area (Å²) in [6.07, 6.45) is 9.12. The first kappa shape index (κ1) is 19.4. The summed E-state index contributed by atoms with van der Waals surface area (Å²) < 4.78 is 1.84. The van der Waals surface area contributed by atoms with E-state index in [1.807, 2.05) is 22.8 Å². The predicted octanol–water partition coefficient (Wildman–Crippen LogP) is 3.10. The Balaban J connectivity index is 1.17. The minimum atomic E-state index is 0.0869. The molecule has 0 spiro atoms. The largest absolute Gasteiger partial charge is 0.339 e. The van der Waals surface area contributed by atoms with Crippen LogP contribution in [0.3, 0.4) is 0 Å². The van der Waals surface area contributed by atoms with Gasteiger partial charge in [0.2, 0.25) is 5.91 Å². The van der Waals surface area contributed by atoms with Crippen LogP contribution < -0.4 is 5.32 Å². The van der Waals surface area contributed by atoms with Crippen molar-refractivity contribution < 1.29 is 4.79 Å². The summed E-state index contributed by atoms with van der Waals surface area (Å²) in [6.45, 7) is 1.92. The second-order valence-corrected chi connectivity index (χ2v) is 10.6. The minimum Gasteiger partial charge on any atom is -0.339 e. The van der Waals surface area contributed by atoms with Crippen LogP contribution in [-0.4, -0.2) is 67.5 Å². The monoisotopic (exact) mass is 459 g/mol. The molecule has 2 fully saturated rings. The van der Waals surface area contributed by atoms with Crippen LogP contribution in [0.5, 0.6) is 0 Å². The third kappa shape index (κ3) is 3.06. The molecule has 3 atom stereocenters. The van der Waals surface area contributed by atoms with Crippen LogP contribution >= 0.6 is 11.3 Å². The van der Waals surface area contributed by atoms with Crippen LogP contribution in [-0.2, 0) is 17.6 Å². The van der Waals surface area contributed by atoms with Crippen LogP contribution in [0.15, 0.2) is 36.9 Å². The average Bonchev–Trinajstić information content (AvgIpc) is 3.59. The number of likely N-dealkylation sites (N-methyl/N-ethyl adjacent to an activating group) is 1. The van der Waals surface area contributed by atoms with Gasteiger partial charge in [-0.2, -0.15) is 5.10 Å². The van der Waals surface area contributed by atoms with Crippen molar-refractivity contribution in [3.63, 3.8) is 0 Å². The van der Waals surface area contributed by atoms with Crippen LogP contribution in [0.1, 0.15) is 23.3 Å². The molecule has 7 rings (SSSR count). The number of aromatic nitrogens is 4. The lowest BCUT2D eigenvalue weighted by atomic mass is 9.86. The first-order chi connectivity index (χ1) is 16.1. The lowest BCUT2D eigenvalue weighted by molar-refractivity contribution is -0.138. The molecule has 33 heavy (non-hydrogen) atoms. The molecule has 2 aliphatic heterocycles.